The van der Waals surface area contributed by atoms with Gasteiger partial charge in [-0.1, -0.05) is 12.2 Å². The maximum absolute atomic E-state index is 10.8. The van der Waals surface area contributed by atoms with E-state index in [1.54, 1.807) is 23.1 Å². The van der Waals surface area contributed by atoms with Crippen molar-refractivity contribution in [3.8, 4) is 0 Å². The minimum absolute atomic E-state index is 0.408. The number of rotatable bonds is 2. The van der Waals surface area contributed by atoms with E-state index in [0.717, 1.165) is 11.3 Å². The molecule has 2 rings (SSSR count). The van der Waals surface area contributed by atoms with E-state index in [1.165, 1.54) is 0 Å². The molecule has 0 unspecified atom stereocenters. The molecule has 1 aliphatic rings. The van der Waals surface area contributed by atoms with E-state index < -0.39 is 16.0 Å². The van der Waals surface area contributed by atoms with Crippen LogP contribution in [0.2, 0.25) is 0 Å². The highest BCUT2D eigenvalue weighted by atomic mass is 32.2. The average molecular weight is 240 g/mol. The van der Waals surface area contributed by atoms with E-state index in [2.05, 4.69) is 0 Å². The van der Waals surface area contributed by atoms with E-state index in [-0.39, 0.29) is 0 Å². The molecule has 6 heteroatoms. The molecule has 16 heavy (non-hydrogen) atoms. The van der Waals surface area contributed by atoms with Gasteiger partial charge in [0.05, 0.1) is 0 Å². The first-order valence-electron chi connectivity index (χ1n) is 4.72. The number of nitrogen functional groups attached to an aromatic ring is 1. The van der Waals surface area contributed by atoms with Crippen LogP contribution in [0.15, 0.2) is 24.3 Å². The van der Waals surface area contributed by atoms with Crippen molar-refractivity contribution in [2.45, 2.75) is 0 Å². The van der Waals surface area contributed by atoms with E-state index in [4.69, 9.17) is 10.3 Å². The maximum atomic E-state index is 10.8. The minimum atomic E-state index is -4.02. The summed E-state index contributed by atoms with van der Waals surface area (Å²) in [4.78, 5) is 1.57. The number of nitrogens with two attached hydrogens (primary N) is 1. The number of nitrogens with zero attached hydrogens (tertiary/aromatic N) is 1. The molecule has 1 aromatic carbocycles. The predicted molar refractivity (Wildman–Crippen MR) is 63.7 cm³/mol. The second kappa shape index (κ2) is 3.80. The molecule has 0 spiro atoms. The SMILES string of the molecule is Nc1ccc2c(c1)C=CCN2CS(=O)(=O)O. The summed E-state index contributed by atoms with van der Waals surface area (Å²) in [5, 5.41) is 0. The normalized spacial score (nSPS) is 14.9. The van der Waals surface area contributed by atoms with Crippen molar-refractivity contribution in [1.29, 1.82) is 0 Å². The molecule has 0 radical (unpaired) electrons. The summed E-state index contributed by atoms with van der Waals surface area (Å²) >= 11 is 0. The first-order valence-corrected chi connectivity index (χ1v) is 6.33. The van der Waals surface area contributed by atoms with Crippen LogP contribution in [0, 0.1) is 0 Å². The van der Waals surface area contributed by atoms with Gasteiger partial charge in [-0.2, -0.15) is 8.42 Å². The number of hydrogen-bond acceptors (Lipinski definition) is 4. The lowest BCUT2D eigenvalue weighted by Crippen LogP contribution is -2.31. The standard InChI is InChI=1S/C10H12N2O3S/c11-9-3-4-10-8(6-9)2-1-5-12(10)7-16(13,14)15/h1-4,6H,5,7,11H2,(H,13,14,15). The van der Waals surface area contributed by atoms with Gasteiger partial charge in [0.25, 0.3) is 10.1 Å². The fourth-order valence-electron chi connectivity index (χ4n) is 1.72. The van der Waals surface area contributed by atoms with Gasteiger partial charge in [-0.05, 0) is 23.8 Å². The second-order valence-corrected chi connectivity index (χ2v) is 5.08. The van der Waals surface area contributed by atoms with E-state index in [9.17, 15) is 8.42 Å². The van der Waals surface area contributed by atoms with Crippen LogP contribution >= 0.6 is 0 Å². The molecule has 0 saturated heterocycles. The van der Waals surface area contributed by atoms with E-state index in [0.29, 0.717) is 12.2 Å². The summed E-state index contributed by atoms with van der Waals surface area (Å²) in [6.45, 7) is 0.455. The van der Waals surface area contributed by atoms with Crippen LogP contribution in [-0.4, -0.2) is 25.4 Å². The zero-order valence-corrected chi connectivity index (χ0v) is 9.31. The van der Waals surface area contributed by atoms with Crippen molar-refractivity contribution in [2.75, 3.05) is 23.1 Å². The molecule has 0 amide bonds. The molecular weight excluding hydrogens is 228 g/mol. The van der Waals surface area contributed by atoms with Crippen LogP contribution in [0.5, 0.6) is 0 Å². The molecule has 3 N–H and O–H groups in total. The maximum Gasteiger partial charge on any atom is 0.283 e. The molecule has 0 fully saturated rings. The lowest BCUT2D eigenvalue weighted by molar-refractivity contribution is 0.482. The third-order valence-electron chi connectivity index (χ3n) is 2.33. The largest absolute Gasteiger partial charge is 0.399 e. The Morgan fingerprint density at radius 3 is 2.88 bits per heavy atom. The van der Waals surface area contributed by atoms with Crippen molar-refractivity contribution in [1.82, 2.24) is 0 Å². The number of anilines is 2. The van der Waals surface area contributed by atoms with E-state index >= 15 is 0 Å². The zero-order chi connectivity index (χ0) is 11.8. The second-order valence-electron chi connectivity index (χ2n) is 3.65. The Labute approximate surface area is 93.9 Å². The monoisotopic (exact) mass is 240 g/mol. The van der Waals surface area contributed by atoms with Crippen LogP contribution in [0.25, 0.3) is 6.08 Å². The molecular formula is C10H12N2O3S. The highest BCUT2D eigenvalue weighted by Gasteiger charge is 2.18. The van der Waals surface area contributed by atoms with Gasteiger partial charge in [0.1, 0.15) is 5.88 Å². The average Bonchev–Trinajstić information content (AvgIpc) is 2.15. The van der Waals surface area contributed by atoms with Crippen molar-refractivity contribution in [3.63, 3.8) is 0 Å². The number of hydrogen-bond donors (Lipinski definition) is 2. The smallest absolute Gasteiger partial charge is 0.283 e. The van der Waals surface area contributed by atoms with Gasteiger partial charge in [-0.3, -0.25) is 4.55 Å². The van der Waals surface area contributed by atoms with Gasteiger partial charge in [-0.15, -0.1) is 0 Å². The van der Waals surface area contributed by atoms with Gasteiger partial charge < -0.3 is 10.6 Å². The first-order chi connectivity index (χ1) is 7.46. The first kappa shape index (κ1) is 11.0. The predicted octanol–water partition coefficient (Wildman–Crippen LogP) is 0.947. The Kier molecular flexibility index (Phi) is 2.61. The number of fused-ring (bicyclic) bond motifs is 1. The third kappa shape index (κ3) is 2.34. The van der Waals surface area contributed by atoms with Crippen LogP contribution in [0.4, 0.5) is 11.4 Å². The van der Waals surface area contributed by atoms with Crippen molar-refractivity contribution in [3.05, 3.63) is 29.8 Å². The summed E-state index contributed by atoms with van der Waals surface area (Å²) in [6, 6.07) is 5.22. The molecule has 5 nitrogen and oxygen atoms in total. The van der Waals surface area contributed by atoms with Crippen molar-refractivity contribution >= 4 is 27.6 Å². The van der Waals surface area contributed by atoms with Gasteiger partial charge in [-0.25, -0.2) is 0 Å². The van der Waals surface area contributed by atoms with Crippen LogP contribution in [-0.2, 0) is 10.1 Å². The molecule has 0 aromatic heterocycles. The number of benzene rings is 1. The summed E-state index contributed by atoms with van der Waals surface area (Å²) < 4.78 is 30.5. The molecule has 0 aliphatic carbocycles. The lowest BCUT2D eigenvalue weighted by atomic mass is 10.1. The third-order valence-corrected chi connectivity index (χ3v) is 2.97. The molecule has 86 valence electrons. The Bertz CT molecular complexity index is 537. The van der Waals surface area contributed by atoms with Crippen molar-refractivity contribution < 1.29 is 13.0 Å². The molecule has 0 bridgehead atoms. The lowest BCUT2D eigenvalue weighted by Gasteiger charge is -2.26. The Balaban J connectivity index is 2.37. The molecule has 0 saturated carbocycles. The fraction of sp³-hybridized carbons (Fsp3) is 0.200. The molecule has 1 aromatic rings. The highest BCUT2D eigenvalue weighted by molar-refractivity contribution is 7.85. The Hall–Kier alpha value is -1.53. The summed E-state index contributed by atoms with van der Waals surface area (Å²) in [7, 11) is -4.02. The zero-order valence-electron chi connectivity index (χ0n) is 8.50. The highest BCUT2D eigenvalue weighted by Crippen LogP contribution is 2.27. The van der Waals surface area contributed by atoms with Gasteiger partial charge in [0.15, 0.2) is 0 Å². The topological polar surface area (TPSA) is 83.6 Å². The quantitative estimate of drug-likeness (QED) is 0.594. The van der Waals surface area contributed by atoms with E-state index in [1.807, 2.05) is 12.2 Å². The Morgan fingerprint density at radius 1 is 1.44 bits per heavy atom. The van der Waals surface area contributed by atoms with Gasteiger partial charge >= 0.3 is 0 Å². The molecule has 0 atom stereocenters. The Morgan fingerprint density at radius 2 is 2.19 bits per heavy atom. The van der Waals surface area contributed by atoms with Gasteiger partial charge in [0.2, 0.25) is 0 Å². The molecule has 1 aliphatic heterocycles. The van der Waals surface area contributed by atoms with Gasteiger partial charge in [0, 0.05) is 17.9 Å². The van der Waals surface area contributed by atoms with Crippen LogP contribution in [0.3, 0.4) is 0 Å². The summed E-state index contributed by atoms with van der Waals surface area (Å²) in [5.41, 5.74) is 7.87. The van der Waals surface area contributed by atoms with Crippen molar-refractivity contribution in [2.24, 2.45) is 0 Å². The summed E-state index contributed by atoms with van der Waals surface area (Å²) in [5.74, 6) is -0.408. The van der Waals surface area contributed by atoms with Crippen LogP contribution in [0.1, 0.15) is 5.56 Å². The summed E-state index contributed by atoms with van der Waals surface area (Å²) in [6.07, 6.45) is 3.71. The minimum Gasteiger partial charge on any atom is -0.399 e. The van der Waals surface area contributed by atoms with Crippen LogP contribution < -0.4 is 10.6 Å². The fourth-order valence-corrected chi connectivity index (χ4v) is 2.36. The molecule has 1 heterocycles.